The van der Waals surface area contributed by atoms with Gasteiger partial charge in [-0.3, -0.25) is 24.5 Å². The number of amides is 3. The Hall–Kier alpha value is -4.53. The molecule has 0 aromatic heterocycles. The molecule has 1 heterocycles. The van der Waals surface area contributed by atoms with Crippen LogP contribution in [0.15, 0.2) is 91.0 Å². The number of hydrogen-bond donors (Lipinski definition) is 0. The van der Waals surface area contributed by atoms with E-state index in [4.69, 9.17) is 23.2 Å². The van der Waals surface area contributed by atoms with Crippen molar-refractivity contribution < 1.29 is 19.3 Å². The first-order valence-corrected chi connectivity index (χ1v) is 14.1. The van der Waals surface area contributed by atoms with E-state index in [-0.39, 0.29) is 34.7 Å². The maximum Gasteiger partial charge on any atom is 0.273 e. The molecular formula is C32H21Cl2N3O5. The highest BCUT2D eigenvalue weighted by molar-refractivity contribution is 6.42. The number of carbonyl (C=O) groups excluding carboxylic acids is 3. The van der Waals surface area contributed by atoms with E-state index >= 15 is 0 Å². The Morgan fingerprint density at radius 3 is 1.81 bits per heavy atom. The maximum atomic E-state index is 14.4. The van der Waals surface area contributed by atoms with Crippen LogP contribution in [0.3, 0.4) is 0 Å². The summed E-state index contributed by atoms with van der Waals surface area (Å²) >= 11 is 12.4. The predicted octanol–water partition coefficient (Wildman–Crippen LogP) is 6.35. The van der Waals surface area contributed by atoms with E-state index in [2.05, 4.69) is 0 Å². The summed E-state index contributed by atoms with van der Waals surface area (Å²) in [6, 6.07) is 25.7. The van der Waals surface area contributed by atoms with Crippen molar-refractivity contribution in [2.24, 2.45) is 11.8 Å². The van der Waals surface area contributed by atoms with Gasteiger partial charge >= 0.3 is 0 Å². The third kappa shape index (κ3) is 3.86. The number of hydrogen-bond acceptors (Lipinski definition) is 5. The molecule has 3 aliphatic carbocycles. The van der Waals surface area contributed by atoms with E-state index in [1.807, 2.05) is 48.5 Å². The molecule has 1 saturated heterocycles. The molecule has 4 aliphatic rings. The van der Waals surface area contributed by atoms with E-state index in [0.717, 1.165) is 38.3 Å². The monoisotopic (exact) mass is 597 g/mol. The molecule has 10 heteroatoms. The number of nitro groups is 1. The van der Waals surface area contributed by atoms with Crippen LogP contribution < -0.4 is 0 Å². The molecule has 0 unspecified atom stereocenters. The summed E-state index contributed by atoms with van der Waals surface area (Å²) < 4.78 is 0. The second-order valence-electron chi connectivity index (χ2n) is 10.7. The first-order valence-electron chi connectivity index (χ1n) is 13.3. The number of non-ortho nitro benzene ring substituents is 1. The number of carbonyl (C=O) groups is 3. The molecule has 1 aliphatic heterocycles. The van der Waals surface area contributed by atoms with Gasteiger partial charge in [0.15, 0.2) is 0 Å². The van der Waals surface area contributed by atoms with Gasteiger partial charge in [0, 0.05) is 29.5 Å². The number of imide groups is 1. The lowest BCUT2D eigenvalue weighted by atomic mass is 9.55. The van der Waals surface area contributed by atoms with Gasteiger partial charge in [0.25, 0.3) is 23.4 Å². The minimum absolute atomic E-state index is 0.0331. The largest absolute Gasteiger partial charge is 0.273 e. The first kappa shape index (κ1) is 26.4. The van der Waals surface area contributed by atoms with Gasteiger partial charge < -0.3 is 0 Å². The van der Waals surface area contributed by atoms with Crippen molar-refractivity contribution in [2.75, 3.05) is 0 Å². The lowest BCUT2D eigenvalue weighted by molar-refractivity contribution is -0.384. The molecule has 0 saturated carbocycles. The van der Waals surface area contributed by atoms with E-state index < -0.39 is 34.5 Å². The molecule has 0 spiro atoms. The molecular weight excluding hydrogens is 577 g/mol. The fourth-order valence-corrected chi connectivity index (χ4v) is 7.17. The Morgan fingerprint density at radius 2 is 1.31 bits per heavy atom. The standard InChI is InChI=1S/C32H21Cl2N3O5/c33-24-13-12-17(14-25(24)34)16-35(30(38)18-6-5-7-19(15-18)37(41)42)36-31(39)28-26-20-8-1-2-9-21(20)27(29(28)32(36)40)23-11-4-3-10-22(23)26/h1-15,26-29H,16H2/t26?,27?,28-,29-/m1/s1. The van der Waals surface area contributed by atoms with Crippen LogP contribution in [0.4, 0.5) is 5.69 Å². The number of hydrazine groups is 1. The predicted molar refractivity (Wildman–Crippen MR) is 155 cm³/mol. The van der Waals surface area contributed by atoms with Crippen molar-refractivity contribution in [1.29, 1.82) is 0 Å². The van der Waals surface area contributed by atoms with Crippen molar-refractivity contribution in [2.45, 2.75) is 18.4 Å². The average molecular weight is 598 g/mol. The van der Waals surface area contributed by atoms with E-state index in [1.165, 1.54) is 18.2 Å². The van der Waals surface area contributed by atoms with Crippen molar-refractivity contribution in [3.05, 3.63) is 145 Å². The Balaban J connectivity index is 1.35. The van der Waals surface area contributed by atoms with Crippen LogP contribution in [0.5, 0.6) is 0 Å². The van der Waals surface area contributed by atoms with Gasteiger partial charge in [-0.1, -0.05) is 83.9 Å². The molecule has 8 nitrogen and oxygen atoms in total. The van der Waals surface area contributed by atoms with Gasteiger partial charge in [0.1, 0.15) is 0 Å². The van der Waals surface area contributed by atoms with Gasteiger partial charge in [0.2, 0.25) is 0 Å². The lowest BCUT2D eigenvalue weighted by Crippen LogP contribution is -2.50. The van der Waals surface area contributed by atoms with E-state index in [0.29, 0.717) is 10.6 Å². The van der Waals surface area contributed by atoms with Crippen LogP contribution in [0, 0.1) is 22.0 Å². The van der Waals surface area contributed by atoms with Gasteiger partial charge in [0.05, 0.1) is 33.3 Å². The Kier molecular flexibility index (Phi) is 6.15. The van der Waals surface area contributed by atoms with Crippen molar-refractivity contribution in [3.8, 4) is 0 Å². The Labute approximate surface area is 250 Å². The molecule has 2 atom stereocenters. The minimum Gasteiger partial charge on any atom is -0.272 e. The summed E-state index contributed by atoms with van der Waals surface area (Å²) in [6.45, 7) is -0.190. The van der Waals surface area contributed by atoms with Gasteiger partial charge in [-0.05, 0) is 46.0 Å². The number of rotatable bonds is 5. The summed E-state index contributed by atoms with van der Waals surface area (Å²) in [6.07, 6.45) is 0. The maximum absolute atomic E-state index is 14.4. The number of halogens is 2. The van der Waals surface area contributed by atoms with Crippen LogP contribution in [0.2, 0.25) is 10.0 Å². The molecule has 0 radical (unpaired) electrons. The summed E-state index contributed by atoms with van der Waals surface area (Å²) in [7, 11) is 0. The molecule has 4 aromatic rings. The topological polar surface area (TPSA) is 101 Å². The van der Waals surface area contributed by atoms with Gasteiger partial charge in [-0.15, -0.1) is 0 Å². The van der Waals surface area contributed by atoms with Crippen molar-refractivity contribution in [3.63, 3.8) is 0 Å². The second-order valence-corrected chi connectivity index (χ2v) is 11.5. The molecule has 42 heavy (non-hydrogen) atoms. The quantitative estimate of drug-likeness (QED) is 0.151. The average Bonchev–Trinajstić information content (AvgIpc) is 3.27. The molecule has 4 aromatic carbocycles. The molecule has 3 amide bonds. The summed E-state index contributed by atoms with van der Waals surface area (Å²) in [5, 5.41) is 14.1. The fourth-order valence-electron chi connectivity index (χ4n) is 6.85. The van der Waals surface area contributed by atoms with Crippen LogP contribution in [-0.4, -0.2) is 32.7 Å². The minimum atomic E-state index is -0.729. The third-order valence-corrected chi connectivity index (χ3v) is 9.26. The van der Waals surface area contributed by atoms with Crippen molar-refractivity contribution in [1.82, 2.24) is 10.0 Å². The van der Waals surface area contributed by atoms with Crippen LogP contribution in [0.1, 0.15) is 50.0 Å². The molecule has 1 fully saturated rings. The van der Waals surface area contributed by atoms with E-state index in [1.54, 1.807) is 18.2 Å². The lowest BCUT2D eigenvalue weighted by Gasteiger charge is -2.45. The second kappa shape index (κ2) is 9.79. The zero-order valence-electron chi connectivity index (χ0n) is 21.8. The Bertz CT molecular complexity index is 1730. The number of nitrogens with zero attached hydrogens (tertiary/aromatic N) is 3. The van der Waals surface area contributed by atoms with Crippen LogP contribution >= 0.6 is 23.2 Å². The van der Waals surface area contributed by atoms with Crippen LogP contribution in [-0.2, 0) is 16.1 Å². The highest BCUT2D eigenvalue weighted by atomic mass is 35.5. The molecule has 0 N–H and O–H groups in total. The SMILES string of the molecule is O=C(c1cccc([N+](=O)[O-])c1)N(Cc1ccc(Cl)c(Cl)c1)N1C(=O)[C@@H]2C3c4ccccc4C(c4ccccc43)[C@H]2C1=O. The normalized spacial score (nSPS) is 21.5. The summed E-state index contributed by atoms with van der Waals surface area (Å²) in [5.74, 6) is -3.82. The molecule has 2 bridgehead atoms. The third-order valence-electron chi connectivity index (χ3n) is 8.52. The van der Waals surface area contributed by atoms with Crippen LogP contribution in [0.25, 0.3) is 0 Å². The number of benzene rings is 4. The summed E-state index contributed by atoms with van der Waals surface area (Å²) in [4.78, 5) is 53.7. The summed E-state index contributed by atoms with van der Waals surface area (Å²) in [5.41, 5.74) is 4.23. The Morgan fingerprint density at radius 1 is 0.762 bits per heavy atom. The smallest absolute Gasteiger partial charge is 0.272 e. The highest BCUT2D eigenvalue weighted by Gasteiger charge is 2.63. The van der Waals surface area contributed by atoms with E-state index in [9.17, 15) is 24.5 Å². The highest BCUT2D eigenvalue weighted by Crippen LogP contribution is 2.61. The van der Waals surface area contributed by atoms with Crippen molar-refractivity contribution >= 4 is 46.6 Å². The zero-order valence-corrected chi connectivity index (χ0v) is 23.3. The first-order chi connectivity index (χ1) is 20.3. The van der Waals surface area contributed by atoms with Gasteiger partial charge in [-0.2, -0.15) is 5.01 Å². The number of nitro benzene ring substituents is 1. The zero-order chi connectivity index (χ0) is 29.3. The molecule has 8 rings (SSSR count). The van der Waals surface area contributed by atoms with Gasteiger partial charge in [-0.25, -0.2) is 5.01 Å². The molecule has 208 valence electrons. The fraction of sp³-hybridized carbons (Fsp3) is 0.156.